The Morgan fingerprint density at radius 3 is 2.31 bits per heavy atom. The molecule has 2 fully saturated rings. The van der Waals surface area contributed by atoms with Crippen molar-refractivity contribution in [2.24, 2.45) is 22.4 Å². The maximum absolute atomic E-state index is 13.9. The molecule has 9 heteroatoms. The van der Waals surface area contributed by atoms with Gasteiger partial charge in [-0.3, -0.25) is 4.79 Å². The van der Waals surface area contributed by atoms with E-state index in [0.29, 0.717) is 42.2 Å². The van der Waals surface area contributed by atoms with Gasteiger partial charge in [-0.1, -0.05) is 23.9 Å². The Hall–Kier alpha value is -2.86. The topological polar surface area (TPSA) is 117 Å². The molecule has 1 aromatic rings. The van der Waals surface area contributed by atoms with Crippen LogP contribution < -0.4 is 4.90 Å². The van der Waals surface area contributed by atoms with Crippen molar-refractivity contribution in [2.45, 2.75) is 85.1 Å². The number of hydrogen-bond acceptors (Lipinski definition) is 6. The van der Waals surface area contributed by atoms with Crippen molar-refractivity contribution in [1.29, 1.82) is 0 Å². The number of rotatable bonds is 7. The largest absolute Gasteiger partial charge is 0.479 e. The summed E-state index contributed by atoms with van der Waals surface area (Å²) in [5.74, 6) is 4.58. The summed E-state index contributed by atoms with van der Waals surface area (Å²) in [6, 6.07) is 1.59. The third-order valence-corrected chi connectivity index (χ3v) is 7.64. The normalized spacial score (nSPS) is 22.2. The van der Waals surface area contributed by atoms with Gasteiger partial charge in [-0.15, -0.1) is 11.3 Å². The molecule has 196 valence electrons. The van der Waals surface area contributed by atoms with Gasteiger partial charge >= 0.3 is 11.9 Å². The number of carboxylic acid groups (broad SMARTS) is 2. The van der Waals surface area contributed by atoms with Gasteiger partial charge in [0.05, 0.1) is 16.3 Å². The van der Waals surface area contributed by atoms with E-state index >= 15 is 0 Å². The number of anilines is 1. The highest BCUT2D eigenvalue weighted by atomic mass is 32.1. The number of nitrogens with zero attached hydrogens (tertiary/aromatic N) is 2. The van der Waals surface area contributed by atoms with Crippen LogP contribution in [0.4, 0.5) is 5.69 Å². The number of hydrogen-bond donors (Lipinski definition) is 2. The summed E-state index contributed by atoms with van der Waals surface area (Å²) in [5, 5.41) is 22.7. The summed E-state index contributed by atoms with van der Waals surface area (Å²) in [6.07, 6.45) is 5.90. The summed E-state index contributed by atoms with van der Waals surface area (Å²) in [6.45, 7) is 7.69. The molecule has 0 bridgehead atoms. The molecule has 0 aliphatic heterocycles. The number of carboxylic acids is 2. The highest BCUT2D eigenvalue weighted by molar-refractivity contribution is 7.15. The third-order valence-electron chi connectivity index (χ3n) is 6.61. The summed E-state index contributed by atoms with van der Waals surface area (Å²) < 4.78 is 0. The Morgan fingerprint density at radius 2 is 1.75 bits per heavy atom. The second-order valence-electron chi connectivity index (χ2n) is 10.9. The van der Waals surface area contributed by atoms with Crippen LogP contribution >= 0.6 is 11.3 Å². The smallest absolute Gasteiger partial charge is 0.348 e. The predicted octanol–water partition coefficient (Wildman–Crippen LogP) is 5.40. The second-order valence-corrected chi connectivity index (χ2v) is 11.9. The van der Waals surface area contributed by atoms with Crippen LogP contribution in [0.2, 0.25) is 0 Å². The lowest BCUT2D eigenvalue weighted by atomic mass is 9.81. The van der Waals surface area contributed by atoms with E-state index in [9.17, 15) is 19.5 Å². The fourth-order valence-corrected chi connectivity index (χ4v) is 5.53. The fourth-order valence-electron chi connectivity index (χ4n) is 4.69. The first-order chi connectivity index (χ1) is 16.9. The molecular formula is C27H36N2O6S. The number of amides is 1. The maximum atomic E-state index is 13.9. The molecule has 8 nitrogen and oxygen atoms in total. The Morgan fingerprint density at radius 1 is 1.11 bits per heavy atom. The number of aliphatic carboxylic acids is 1. The van der Waals surface area contributed by atoms with Gasteiger partial charge in [-0.05, 0) is 84.1 Å². The summed E-state index contributed by atoms with van der Waals surface area (Å²) >= 11 is 1.11. The zero-order chi connectivity index (χ0) is 26.5. The molecule has 2 aliphatic carbocycles. The van der Waals surface area contributed by atoms with Crippen molar-refractivity contribution < 1.29 is 29.4 Å². The molecule has 2 saturated carbocycles. The van der Waals surface area contributed by atoms with Crippen molar-refractivity contribution >= 4 is 40.6 Å². The number of carbonyl (C=O) groups is 3. The van der Waals surface area contributed by atoms with Crippen molar-refractivity contribution in [2.75, 3.05) is 11.5 Å². The van der Waals surface area contributed by atoms with Crippen LogP contribution in [0.25, 0.3) is 0 Å². The van der Waals surface area contributed by atoms with Gasteiger partial charge in [0.2, 0.25) is 12.5 Å². The molecule has 2 aliphatic rings. The number of oxime groups is 1. The van der Waals surface area contributed by atoms with E-state index in [4.69, 9.17) is 9.94 Å². The van der Waals surface area contributed by atoms with Crippen molar-refractivity contribution in [1.82, 2.24) is 0 Å². The van der Waals surface area contributed by atoms with Crippen LogP contribution in [-0.4, -0.2) is 46.4 Å². The Kier molecular flexibility index (Phi) is 9.18. The monoisotopic (exact) mass is 516 g/mol. The quantitative estimate of drug-likeness (QED) is 0.370. The molecule has 0 radical (unpaired) electrons. The average molecular weight is 517 g/mol. The first-order valence-electron chi connectivity index (χ1n) is 12.6. The lowest BCUT2D eigenvalue weighted by Gasteiger charge is -2.38. The minimum atomic E-state index is -1.09. The minimum absolute atomic E-state index is 0.00922. The van der Waals surface area contributed by atoms with E-state index in [2.05, 4.69) is 23.9 Å². The van der Waals surface area contributed by atoms with Crippen molar-refractivity contribution in [3.8, 4) is 11.8 Å². The maximum Gasteiger partial charge on any atom is 0.348 e. The first-order valence-corrected chi connectivity index (χ1v) is 13.4. The number of carbonyl (C=O) groups excluding carboxylic acids is 1. The Labute approximate surface area is 216 Å². The minimum Gasteiger partial charge on any atom is -0.479 e. The molecule has 1 aromatic heterocycles. The van der Waals surface area contributed by atoms with E-state index in [1.807, 2.05) is 20.8 Å². The Balaban J connectivity index is 1.92. The highest BCUT2D eigenvalue weighted by Crippen LogP contribution is 2.38. The second kappa shape index (κ2) is 11.9. The van der Waals surface area contributed by atoms with Gasteiger partial charge in [-0.25, -0.2) is 9.59 Å². The van der Waals surface area contributed by atoms with Crippen LogP contribution in [0.15, 0.2) is 11.2 Å². The molecule has 0 spiro atoms. The number of thiophene rings is 1. The molecule has 1 heterocycles. The van der Waals surface area contributed by atoms with Crippen molar-refractivity contribution in [3.63, 3.8) is 0 Å². The van der Waals surface area contributed by atoms with Gasteiger partial charge in [-0.2, -0.15) is 0 Å². The zero-order valence-electron chi connectivity index (χ0n) is 21.5. The lowest BCUT2D eigenvalue weighted by Crippen LogP contribution is -2.46. The van der Waals surface area contributed by atoms with Crippen LogP contribution in [0.5, 0.6) is 0 Å². The van der Waals surface area contributed by atoms with E-state index < -0.39 is 18.5 Å². The molecule has 3 rings (SSSR count). The van der Waals surface area contributed by atoms with Gasteiger partial charge in [0.15, 0.2) is 0 Å². The highest BCUT2D eigenvalue weighted by Gasteiger charge is 2.37. The standard InChI is InChI=1S/C27H36N2O6S/c1-17-5-7-18(8-6-17)25(32)29(20-11-9-19(10-12-20)28-35-16-23(30)31)22-15-21(13-14-27(2,3)4)36-24(22)26(33)34/h15,17-18,20H,5-12,16H2,1-4H3,(H,30,31)(H,33,34)/t17-,18-,20?. The molecule has 0 aromatic carbocycles. The summed E-state index contributed by atoms with van der Waals surface area (Å²) in [5.41, 5.74) is 0.956. The van der Waals surface area contributed by atoms with Gasteiger partial charge in [0, 0.05) is 17.4 Å². The SMILES string of the molecule is CC(C)(C)C#Cc1cc(N(C(=O)[C@H]2CC[C@H](C)CC2)C2CCC(=NOCC(=O)O)CC2)c(C(=O)O)s1. The molecular weight excluding hydrogens is 480 g/mol. The van der Waals surface area contributed by atoms with Gasteiger partial charge in [0.1, 0.15) is 4.88 Å². The van der Waals surface area contributed by atoms with E-state index in [1.165, 1.54) is 0 Å². The lowest BCUT2D eigenvalue weighted by molar-refractivity contribution is -0.142. The molecule has 2 N–H and O–H groups in total. The number of aromatic carboxylic acids is 1. The fraction of sp³-hybridized carbons (Fsp3) is 0.630. The third kappa shape index (κ3) is 7.57. The molecule has 1 amide bonds. The van der Waals surface area contributed by atoms with Crippen LogP contribution in [0, 0.1) is 29.1 Å². The van der Waals surface area contributed by atoms with E-state index in [0.717, 1.165) is 42.7 Å². The van der Waals surface area contributed by atoms with E-state index in [1.54, 1.807) is 11.0 Å². The van der Waals surface area contributed by atoms with Crippen LogP contribution in [0.3, 0.4) is 0 Å². The first kappa shape index (κ1) is 27.7. The predicted molar refractivity (Wildman–Crippen MR) is 139 cm³/mol. The zero-order valence-corrected chi connectivity index (χ0v) is 22.3. The molecule has 36 heavy (non-hydrogen) atoms. The average Bonchev–Trinajstić information content (AvgIpc) is 3.23. The van der Waals surface area contributed by atoms with Crippen molar-refractivity contribution in [3.05, 3.63) is 15.8 Å². The van der Waals surface area contributed by atoms with Crippen LogP contribution in [-0.2, 0) is 14.4 Å². The summed E-state index contributed by atoms with van der Waals surface area (Å²) in [4.78, 5) is 44.2. The molecule has 0 saturated heterocycles. The molecule has 0 unspecified atom stereocenters. The summed E-state index contributed by atoms with van der Waals surface area (Å²) in [7, 11) is 0. The van der Waals surface area contributed by atoms with Gasteiger partial charge in [0.25, 0.3) is 0 Å². The van der Waals surface area contributed by atoms with Gasteiger partial charge < -0.3 is 20.0 Å². The molecule has 0 atom stereocenters. The van der Waals surface area contributed by atoms with Crippen LogP contribution in [0.1, 0.15) is 93.6 Å². The van der Waals surface area contributed by atoms with E-state index in [-0.39, 0.29) is 28.2 Å². The Bertz CT molecular complexity index is 1060.